The highest BCUT2D eigenvalue weighted by molar-refractivity contribution is 5.85. The number of nitrogens with one attached hydrogen (secondary N) is 1. The summed E-state index contributed by atoms with van der Waals surface area (Å²) in [5, 5.41) is 8.09. The van der Waals surface area contributed by atoms with Gasteiger partial charge in [0.05, 0.1) is 5.70 Å². The summed E-state index contributed by atoms with van der Waals surface area (Å²) >= 11 is 0. The Morgan fingerprint density at radius 2 is 1.81 bits per heavy atom. The van der Waals surface area contributed by atoms with E-state index in [0.717, 1.165) is 33.7 Å². The van der Waals surface area contributed by atoms with Crippen LogP contribution in [0.2, 0.25) is 0 Å². The van der Waals surface area contributed by atoms with E-state index in [1.807, 2.05) is 35.1 Å². The molecule has 6 rings (SSSR count). The maximum absolute atomic E-state index is 6.65. The average Bonchev–Trinajstić information content (AvgIpc) is 3.31. The van der Waals surface area contributed by atoms with Gasteiger partial charge in [0.1, 0.15) is 24.2 Å². The molecule has 0 saturated carbocycles. The van der Waals surface area contributed by atoms with E-state index >= 15 is 0 Å². The number of pyridine rings is 1. The van der Waals surface area contributed by atoms with Crippen molar-refractivity contribution < 1.29 is 4.74 Å². The molecule has 2 atom stereocenters. The van der Waals surface area contributed by atoms with Crippen LogP contribution in [0.15, 0.2) is 85.0 Å². The number of hydrogen-bond donors (Lipinski definition) is 1. The minimum absolute atomic E-state index is 0.180. The van der Waals surface area contributed by atoms with Crippen molar-refractivity contribution in [3.05, 3.63) is 107 Å². The van der Waals surface area contributed by atoms with Gasteiger partial charge in [-0.1, -0.05) is 56.3 Å². The molecule has 6 nitrogen and oxygen atoms in total. The molecule has 2 aromatic heterocycles. The third-order valence-corrected chi connectivity index (χ3v) is 6.23. The predicted octanol–water partition coefficient (Wildman–Crippen LogP) is 5.36. The molecular formula is C26H23N5O. The Bertz CT molecular complexity index is 1310. The molecule has 0 bridgehead atoms. The van der Waals surface area contributed by atoms with Crippen LogP contribution in [0.3, 0.4) is 0 Å². The summed E-state index contributed by atoms with van der Waals surface area (Å²) in [6.45, 7) is 4.41. The van der Waals surface area contributed by atoms with Crippen molar-refractivity contribution in [2.75, 3.05) is 5.32 Å². The van der Waals surface area contributed by atoms with Crippen LogP contribution in [0.5, 0.6) is 5.75 Å². The number of para-hydroxylation sites is 1. The van der Waals surface area contributed by atoms with E-state index in [2.05, 4.69) is 70.6 Å². The summed E-state index contributed by atoms with van der Waals surface area (Å²) in [5.74, 6) is 2.04. The van der Waals surface area contributed by atoms with Gasteiger partial charge in [0.15, 0.2) is 0 Å². The molecule has 4 aromatic rings. The highest BCUT2D eigenvalue weighted by Crippen LogP contribution is 2.50. The molecule has 0 fully saturated rings. The van der Waals surface area contributed by atoms with Gasteiger partial charge in [0.25, 0.3) is 0 Å². The molecule has 2 aromatic carbocycles. The first-order valence-corrected chi connectivity index (χ1v) is 10.9. The number of anilines is 1. The van der Waals surface area contributed by atoms with Crippen LogP contribution in [-0.2, 0) is 0 Å². The number of aromatic nitrogens is 4. The molecule has 0 amide bonds. The molecule has 0 spiro atoms. The average molecular weight is 422 g/mol. The molecule has 0 aliphatic carbocycles. The summed E-state index contributed by atoms with van der Waals surface area (Å²) in [5.41, 5.74) is 6.62. The fourth-order valence-electron chi connectivity index (χ4n) is 4.61. The first-order chi connectivity index (χ1) is 15.7. The van der Waals surface area contributed by atoms with E-state index in [1.54, 1.807) is 12.5 Å². The second kappa shape index (κ2) is 7.34. The van der Waals surface area contributed by atoms with Gasteiger partial charge < -0.3 is 10.1 Å². The fourth-order valence-corrected chi connectivity index (χ4v) is 4.61. The Morgan fingerprint density at radius 3 is 2.59 bits per heavy atom. The first-order valence-electron chi connectivity index (χ1n) is 10.9. The quantitative estimate of drug-likeness (QED) is 0.483. The van der Waals surface area contributed by atoms with Gasteiger partial charge in [-0.25, -0.2) is 4.68 Å². The monoisotopic (exact) mass is 421 g/mol. The number of nitrogens with zero attached hydrogens (tertiary/aromatic N) is 4. The molecule has 0 unspecified atom stereocenters. The number of ether oxygens (including phenoxy) is 1. The van der Waals surface area contributed by atoms with Crippen molar-refractivity contribution in [2.24, 2.45) is 0 Å². The first kappa shape index (κ1) is 18.8. The zero-order chi connectivity index (χ0) is 21.7. The van der Waals surface area contributed by atoms with Crippen molar-refractivity contribution in [2.45, 2.75) is 31.9 Å². The topological polar surface area (TPSA) is 64.9 Å². The molecule has 4 heterocycles. The minimum Gasteiger partial charge on any atom is -0.480 e. The largest absolute Gasteiger partial charge is 0.480 e. The van der Waals surface area contributed by atoms with Gasteiger partial charge in [0, 0.05) is 23.5 Å². The van der Waals surface area contributed by atoms with Gasteiger partial charge in [0.2, 0.25) is 5.95 Å². The van der Waals surface area contributed by atoms with Crippen molar-refractivity contribution >= 4 is 11.6 Å². The lowest BCUT2D eigenvalue weighted by Gasteiger charge is -2.38. The standard InChI is InChI=1S/C26H23N5O/c1-16(2)17-9-11-18(12-10-17)25-22-23(20-7-3-4-8-21(20)32-25)30-26-28-15-29-31(26)24(22)19-6-5-13-27-14-19/h3-16,24-25H,1-2H3,(H,28,29,30)/t24-,25-/m1/s1. The molecular weight excluding hydrogens is 398 g/mol. The summed E-state index contributed by atoms with van der Waals surface area (Å²) in [7, 11) is 0. The van der Waals surface area contributed by atoms with Crippen LogP contribution in [-0.4, -0.2) is 19.7 Å². The lowest BCUT2D eigenvalue weighted by Crippen LogP contribution is -2.32. The van der Waals surface area contributed by atoms with E-state index in [4.69, 9.17) is 4.74 Å². The van der Waals surface area contributed by atoms with Gasteiger partial charge in [-0.2, -0.15) is 10.1 Å². The van der Waals surface area contributed by atoms with Crippen molar-refractivity contribution in [3.63, 3.8) is 0 Å². The van der Waals surface area contributed by atoms with Crippen LogP contribution in [0.1, 0.15) is 54.2 Å². The zero-order valence-electron chi connectivity index (χ0n) is 17.9. The predicted molar refractivity (Wildman–Crippen MR) is 123 cm³/mol. The molecule has 1 N–H and O–H groups in total. The normalized spacial score (nSPS) is 19.0. The Balaban J connectivity index is 1.58. The number of rotatable bonds is 3. The van der Waals surface area contributed by atoms with E-state index in [0.29, 0.717) is 11.9 Å². The number of benzene rings is 2. The molecule has 2 aliphatic heterocycles. The fraction of sp³-hybridized carbons (Fsp3) is 0.192. The van der Waals surface area contributed by atoms with Crippen molar-refractivity contribution in [1.29, 1.82) is 0 Å². The molecule has 158 valence electrons. The van der Waals surface area contributed by atoms with E-state index < -0.39 is 0 Å². The second-order valence-electron chi connectivity index (χ2n) is 8.49. The Hall–Kier alpha value is -3.93. The minimum atomic E-state index is -0.267. The van der Waals surface area contributed by atoms with Crippen LogP contribution in [0.25, 0.3) is 5.70 Å². The van der Waals surface area contributed by atoms with Crippen molar-refractivity contribution in [1.82, 2.24) is 19.7 Å². The van der Waals surface area contributed by atoms with Gasteiger partial charge in [-0.15, -0.1) is 0 Å². The maximum Gasteiger partial charge on any atom is 0.226 e. The summed E-state index contributed by atoms with van der Waals surface area (Å²) < 4.78 is 8.57. The van der Waals surface area contributed by atoms with Crippen LogP contribution in [0, 0.1) is 0 Å². The summed E-state index contributed by atoms with van der Waals surface area (Å²) in [6, 6.07) is 20.7. The van der Waals surface area contributed by atoms with Gasteiger partial charge in [-0.05, 0) is 40.8 Å². The van der Waals surface area contributed by atoms with Crippen LogP contribution in [0.4, 0.5) is 5.95 Å². The van der Waals surface area contributed by atoms with Crippen LogP contribution < -0.4 is 10.1 Å². The number of fused-ring (bicyclic) bond motifs is 3. The van der Waals surface area contributed by atoms with Crippen molar-refractivity contribution in [3.8, 4) is 5.75 Å². The Morgan fingerprint density at radius 1 is 0.969 bits per heavy atom. The van der Waals surface area contributed by atoms with Crippen LogP contribution >= 0.6 is 0 Å². The van der Waals surface area contributed by atoms with E-state index in [-0.39, 0.29) is 12.1 Å². The highest BCUT2D eigenvalue weighted by atomic mass is 16.5. The Labute approximate surface area is 186 Å². The van der Waals surface area contributed by atoms with E-state index in [1.165, 1.54) is 5.56 Å². The third kappa shape index (κ3) is 2.91. The summed E-state index contributed by atoms with van der Waals surface area (Å²) in [4.78, 5) is 8.85. The Kier molecular flexibility index (Phi) is 4.31. The molecule has 6 heteroatoms. The second-order valence-corrected chi connectivity index (χ2v) is 8.49. The smallest absolute Gasteiger partial charge is 0.226 e. The van der Waals surface area contributed by atoms with Gasteiger partial charge in [-0.3, -0.25) is 4.98 Å². The molecule has 2 aliphatic rings. The zero-order valence-corrected chi connectivity index (χ0v) is 17.9. The number of hydrogen-bond acceptors (Lipinski definition) is 5. The van der Waals surface area contributed by atoms with Gasteiger partial charge >= 0.3 is 0 Å². The molecule has 32 heavy (non-hydrogen) atoms. The highest BCUT2D eigenvalue weighted by Gasteiger charge is 2.40. The lowest BCUT2D eigenvalue weighted by atomic mass is 9.84. The molecule has 0 saturated heterocycles. The summed E-state index contributed by atoms with van der Waals surface area (Å²) in [6.07, 6.45) is 5.00. The lowest BCUT2D eigenvalue weighted by molar-refractivity contribution is 0.223. The SMILES string of the molecule is CC(C)c1ccc([C@H]2Oc3ccccc3C3=C2[C@@H](c2cccnc2)n2ncnc2N3)cc1. The third-order valence-electron chi connectivity index (χ3n) is 6.23. The maximum atomic E-state index is 6.65. The molecule has 0 radical (unpaired) electrons. The van der Waals surface area contributed by atoms with E-state index in [9.17, 15) is 0 Å².